The standard InChI is InChI=1S/C45H61F2NO6/c1-28(2)35-15-11-30(4)22-41(35)54-43(51)48(26-34-9-7-21-53-34)27-45(52)20-18-38-36-16-12-31(23-33(49)14-10-29(3)8-6-19-44(38,45)5)24-37(36)42(50)32-13-17-39(46)40(47)25-32/h8,12-13,16-17,24-25,28,30,33-35,38,41,49,52H,6-7,9-11,14-15,18-23,26-27H2,1-5H3. The molecule has 1 heterocycles. The van der Waals surface area contributed by atoms with Crippen LogP contribution in [0.25, 0.3) is 0 Å². The van der Waals surface area contributed by atoms with Gasteiger partial charge in [0.25, 0.3) is 0 Å². The fourth-order valence-electron chi connectivity index (χ4n) is 10.00. The van der Waals surface area contributed by atoms with Crippen molar-refractivity contribution in [2.45, 2.75) is 141 Å². The van der Waals surface area contributed by atoms with E-state index in [9.17, 15) is 28.6 Å². The van der Waals surface area contributed by atoms with Gasteiger partial charge in [-0.25, -0.2) is 13.6 Å². The third kappa shape index (κ3) is 8.79. The molecule has 2 saturated carbocycles. The number of nitrogens with zero attached hydrogens (tertiary/aromatic N) is 1. The molecule has 8 atom stereocenters. The Morgan fingerprint density at radius 2 is 1.83 bits per heavy atom. The van der Waals surface area contributed by atoms with E-state index in [0.29, 0.717) is 75.5 Å². The fraction of sp³-hybridized carbons (Fsp3) is 0.644. The van der Waals surface area contributed by atoms with Crippen LogP contribution in [0.5, 0.6) is 0 Å². The summed E-state index contributed by atoms with van der Waals surface area (Å²) in [6.07, 6.45) is 9.30. The van der Waals surface area contributed by atoms with E-state index in [2.05, 4.69) is 40.7 Å². The number of ether oxygens (including phenoxy) is 2. The van der Waals surface area contributed by atoms with Gasteiger partial charge in [0.1, 0.15) is 6.10 Å². The van der Waals surface area contributed by atoms with E-state index in [-0.39, 0.29) is 36.2 Å². The summed E-state index contributed by atoms with van der Waals surface area (Å²) in [5.74, 6) is -1.76. The van der Waals surface area contributed by atoms with E-state index in [1.165, 1.54) is 11.6 Å². The van der Waals surface area contributed by atoms with Gasteiger partial charge in [0.15, 0.2) is 17.4 Å². The third-order valence-electron chi connectivity index (χ3n) is 13.5. The smallest absolute Gasteiger partial charge is 0.410 e. The Morgan fingerprint density at radius 1 is 1.04 bits per heavy atom. The molecule has 5 aliphatic rings. The van der Waals surface area contributed by atoms with Gasteiger partial charge >= 0.3 is 6.09 Å². The van der Waals surface area contributed by atoms with Crippen LogP contribution >= 0.6 is 0 Å². The third-order valence-corrected chi connectivity index (χ3v) is 13.5. The van der Waals surface area contributed by atoms with E-state index < -0.39 is 40.6 Å². The molecule has 54 heavy (non-hydrogen) atoms. The van der Waals surface area contributed by atoms with Gasteiger partial charge < -0.3 is 24.6 Å². The first kappa shape index (κ1) is 40.5. The Morgan fingerprint density at radius 3 is 2.56 bits per heavy atom. The maximum atomic E-state index is 14.5. The first-order valence-electron chi connectivity index (χ1n) is 20.4. The number of rotatable bonds is 8. The highest BCUT2D eigenvalue weighted by Crippen LogP contribution is 2.59. The molecule has 2 aromatic rings. The maximum Gasteiger partial charge on any atom is 0.410 e. The van der Waals surface area contributed by atoms with E-state index in [1.54, 1.807) is 11.0 Å². The Hall–Kier alpha value is -3.14. The molecule has 0 aromatic heterocycles. The number of aliphatic hydroxyl groups is 2. The second kappa shape index (κ2) is 16.9. The summed E-state index contributed by atoms with van der Waals surface area (Å²) < 4.78 is 40.9. The van der Waals surface area contributed by atoms with Crippen LogP contribution < -0.4 is 0 Å². The summed E-state index contributed by atoms with van der Waals surface area (Å²) in [5, 5.41) is 24.0. The van der Waals surface area contributed by atoms with Gasteiger partial charge in [-0.05, 0) is 137 Å². The first-order chi connectivity index (χ1) is 25.7. The number of ketones is 1. The number of fused-ring (bicyclic) bond motifs is 8. The normalized spacial score (nSPS) is 31.9. The summed E-state index contributed by atoms with van der Waals surface area (Å²) >= 11 is 0. The SMILES string of the molecule is CC1=CCCC2(C)C(CCC2(O)CN(CC2CCCO2)C(=O)OC2CC(C)CCC2C(C)C)c2ccc(cc2C(=O)c2ccc(F)c(F)c2)CC(O)CC1. The molecule has 7 nitrogen and oxygen atoms in total. The number of carbonyl (C=O) groups excluding carboxylic acids is 2. The van der Waals surface area contributed by atoms with Gasteiger partial charge in [0.2, 0.25) is 0 Å². The average Bonchev–Trinajstić information content (AvgIpc) is 3.73. The number of halogens is 2. The van der Waals surface area contributed by atoms with Gasteiger partial charge in [-0.1, -0.05) is 57.9 Å². The summed E-state index contributed by atoms with van der Waals surface area (Å²) in [6, 6.07) is 8.84. The molecule has 1 aliphatic heterocycles. The predicted octanol–water partition coefficient (Wildman–Crippen LogP) is 9.31. The predicted molar refractivity (Wildman–Crippen MR) is 205 cm³/mol. The summed E-state index contributed by atoms with van der Waals surface area (Å²) in [7, 11) is 0. The van der Waals surface area contributed by atoms with Crippen molar-refractivity contribution in [3.63, 3.8) is 0 Å². The molecule has 4 aliphatic carbocycles. The van der Waals surface area contributed by atoms with Gasteiger partial charge in [-0.15, -0.1) is 0 Å². The van der Waals surface area contributed by atoms with Crippen molar-refractivity contribution < 1.29 is 38.1 Å². The number of hydrogen-bond acceptors (Lipinski definition) is 6. The zero-order chi connectivity index (χ0) is 38.8. The van der Waals surface area contributed by atoms with Crippen molar-refractivity contribution in [3.05, 3.63) is 81.9 Å². The minimum Gasteiger partial charge on any atom is -0.446 e. The molecule has 0 radical (unpaired) electrons. The molecule has 2 bridgehead atoms. The molecule has 9 heteroatoms. The zero-order valence-corrected chi connectivity index (χ0v) is 32.9. The number of amides is 1. The highest BCUT2D eigenvalue weighted by molar-refractivity contribution is 6.10. The van der Waals surface area contributed by atoms with Crippen LogP contribution in [-0.4, -0.2) is 70.6 Å². The largest absolute Gasteiger partial charge is 0.446 e. The molecule has 1 amide bonds. The lowest BCUT2D eigenvalue weighted by atomic mass is 9.64. The molecule has 3 fully saturated rings. The molecule has 1 saturated heterocycles. The van der Waals surface area contributed by atoms with Crippen molar-refractivity contribution in [2.75, 3.05) is 19.7 Å². The van der Waals surface area contributed by atoms with Gasteiger partial charge in [-0.3, -0.25) is 4.79 Å². The number of hydrogen-bond donors (Lipinski definition) is 2. The van der Waals surface area contributed by atoms with Crippen molar-refractivity contribution in [2.24, 2.45) is 23.2 Å². The molecule has 2 aromatic carbocycles. The zero-order valence-electron chi connectivity index (χ0n) is 32.9. The maximum absolute atomic E-state index is 14.5. The molecule has 8 unspecified atom stereocenters. The molecule has 7 rings (SSSR count). The Kier molecular flexibility index (Phi) is 12.7. The van der Waals surface area contributed by atoms with Crippen LogP contribution in [0.3, 0.4) is 0 Å². The van der Waals surface area contributed by atoms with Crippen molar-refractivity contribution in [3.8, 4) is 0 Å². The fourth-order valence-corrected chi connectivity index (χ4v) is 10.00. The average molecular weight is 750 g/mol. The highest BCUT2D eigenvalue weighted by Gasteiger charge is 2.58. The monoisotopic (exact) mass is 749 g/mol. The molecular weight excluding hydrogens is 688 g/mol. The second-order valence-electron chi connectivity index (χ2n) is 17.7. The van der Waals surface area contributed by atoms with E-state index in [4.69, 9.17) is 9.47 Å². The van der Waals surface area contributed by atoms with Crippen LogP contribution in [0.1, 0.15) is 138 Å². The van der Waals surface area contributed by atoms with Gasteiger partial charge in [0.05, 0.1) is 30.9 Å². The van der Waals surface area contributed by atoms with Gasteiger partial charge in [0, 0.05) is 23.1 Å². The Bertz CT molecular complexity index is 1690. The van der Waals surface area contributed by atoms with Crippen LogP contribution in [0.15, 0.2) is 48.0 Å². The lowest BCUT2D eigenvalue weighted by molar-refractivity contribution is -0.0908. The number of allylic oxidation sites excluding steroid dienone is 2. The van der Waals surface area contributed by atoms with Crippen molar-refractivity contribution in [1.82, 2.24) is 4.90 Å². The van der Waals surface area contributed by atoms with Gasteiger partial charge in [-0.2, -0.15) is 0 Å². The number of benzene rings is 2. The minimum absolute atomic E-state index is 0.0321. The molecule has 0 spiro atoms. The second-order valence-corrected chi connectivity index (χ2v) is 17.7. The lowest BCUT2D eigenvalue weighted by Gasteiger charge is -2.46. The number of aliphatic hydroxyl groups excluding tert-OH is 1. The quantitative estimate of drug-likeness (QED) is 0.206. The first-order valence-corrected chi connectivity index (χ1v) is 20.4. The van der Waals surface area contributed by atoms with Crippen LogP contribution in [0, 0.1) is 34.8 Å². The number of carbonyl (C=O) groups is 2. The summed E-state index contributed by atoms with van der Waals surface area (Å²) in [6.45, 7) is 11.8. The van der Waals surface area contributed by atoms with E-state index in [0.717, 1.165) is 55.4 Å². The molecule has 2 N–H and O–H groups in total. The van der Waals surface area contributed by atoms with Crippen molar-refractivity contribution in [1.29, 1.82) is 0 Å². The van der Waals surface area contributed by atoms with E-state index >= 15 is 0 Å². The Balaban J connectivity index is 1.38. The van der Waals surface area contributed by atoms with Crippen LogP contribution in [0.2, 0.25) is 0 Å². The minimum atomic E-state index is -1.34. The topological polar surface area (TPSA) is 96.3 Å². The van der Waals surface area contributed by atoms with E-state index in [1.807, 2.05) is 12.1 Å². The summed E-state index contributed by atoms with van der Waals surface area (Å²) in [4.78, 5) is 30.3. The van der Waals surface area contributed by atoms with Crippen LogP contribution in [0.4, 0.5) is 13.6 Å². The lowest BCUT2D eigenvalue weighted by Crippen LogP contribution is -2.55. The summed E-state index contributed by atoms with van der Waals surface area (Å²) in [5.41, 5.74) is 0.911. The van der Waals surface area contributed by atoms with Crippen molar-refractivity contribution >= 4 is 11.9 Å². The van der Waals surface area contributed by atoms with Crippen LogP contribution in [-0.2, 0) is 15.9 Å². The Labute approximate surface area is 320 Å². The highest BCUT2D eigenvalue weighted by atomic mass is 19.2. The molecular formula is C45H61F2NO6. The molecule has 296 valence electrons.